The summed E-state index contributed by atoms with van der Waals surface area (Å²) >= 11 is 0. The van der Waals surface area contributed by atoms with Gasteiger partial charge in [0.05, 0.1) is 18.8 Å². The van der Waals surface area contributed by atoms with Crippen LogP contribution in [0.1, 0.15) is 5.56 Å². The molecule has 0 unspecified atom stereocenters. The Morgan fingerprint density at radius 1 is 1.54 bits per heavy atom. The van der Waals surface area contributed by atoms with Crippen molar-refractivity contribution in [2.24, 2.45) is 7.05 Å². The molecule has 0 saturated carbocycles. The molecular formula is C9H8N4. The van der Waals surface area contributed by atoms with Gasteiger partial charge >= 0.3 is 0 Å². The van der Waals surface area contributed by atoms with Crippen LogP contribution in [-0.4, -0.2) is 14.5 Å². The molecule has 4 nitrogen and oxygen atoms in total. The zero-order valence-electron chi connectivity index (χ0n) is 7.23. The number of pyridine rings is 1. The lowest BCUT2D eigenvalue weighted by molar-refractivity contribution is 0.931. The Hall–Kier alpha value is -1.89. The van der Waals surface area contributed by atoms with E-state index in [1.165, 1.54) is 0 Å². The average molecular weight is 172 g/mol. The van der Waals surface area contributed by atoms with Crippen LogP contribution in [0, 0.1) is 11.3 Å². The topological polar surface area (TPSA) is 54.5 Å². The molecule has 0 aliphatic heterocycles. The second kappa shape index (κ2) is 2.87. The van der Waals surface area contributed by atoms with Crippen molar-refractivity contribution in [2.75, 3.05) is 0 Å². The van der Waals surface area contributed by atoms with E-state index in [4.69, 9.17) is 5.26 Å². The summed E-state index contributed by atoms with van der Waals surface area (Å²) in [6.45, 7) is 0. The zero-order valence-corrected chi connectivity index (χ0v) is 7.23. The van der Waals surface area contributed by atoms with Crippen molar-refractivity contribution in [3.05, 3.63) is 24.2 Å². The number of nitriles is 1. The molecule has 0 spiro atoms. The summed E-state index contributed by atoms with van der Waals surface area (Å²) in [6.07, 6.45) is 3.80. The van der Waals surface area contributed by atoms with Crippen LogP contribution in [0.15, 0.2) is 18.6 Å². The molecule has 0 saturated heterocycles. The summed E-state index contributed by atoms with van der Waals surface area (Å²) in [5.41, 5.74) is 2.59. The average Bonchev–Trinajstić information content (AvgIpc) is 2.50. The van der Waals surface area contributed by atoms with Crippen LogP contribution in [0.5, 0.6) is 0 Å². The normalized spacial score (nSPS) is 10.2. The predicted octanol–water partition coefficient (Wildman–Crippen LogP) is 1.03. The molecule has 0 N–H and O–H groups in total. The third-order valence-corrected chi connectivity index (χ3v) is 1.95. The zero-order chi connectivity index (χ0) is 9.26. The first-order valence-electron chi connectivity index (χ1n) is 3.95. The van der Waals surface area contributed by atoms with Crippen LogP contribution in [0.4, 0.5) is 0 Å². The predicted molar refractivity (Wildman–Crippen MR) is 47.8 cm³/mol. The SMILES string of the molecule is Cn1cnc2c(CC#N)ccnc21. The largest absolute Gasteiger partial charge is 0.318 e. The van der Waals surface area contributed by atoms with Gasteiger partial charge in [-0.2, -0.15) is 5.26 Å². The Kier molecular flexibility index (Phi) is 1.71. The third-order valence-electron chi connectivity index (χ3n) is 1.95. The maximum atomic E-state index is 8.58. The highest BCUT2D eigenvalue weighted by molar-refractivity contribution is 5.74. The number of rotatable bonds is 1. The van der Waals surface area contributed by atoms with E-state index in [1.54, 1.807) is 12.5 Å². The minimum Gasteiger partial charge on any atom is -0.318 e. The Balaban J connectivity index is 2.71. The molecule has 0 aliphatic rings. The van der Waals surface area contributed by atoms with Crippen LogP contribution in [0.2, 0.25) is 0 Å². The molecule has 2 rings (SSSR count). The first-order valence-corrected chi connectivity index (χ1v) is 3.95. The van der Waals surface area contributed by atoms with Crippen LogP contribution < -0.4 is 0 Å². The highest BCUT2D eigenvalue weighted by Gasteiger charge is 2.05. The summed E-state index contributed by atoms with van der Waals surface area (Å²) in [5, 5.41) is 8.58. The van der Waals surface area contributed by atoms with Gasteiger partial charge < -0.3 is 4.57 Å². The van der Waals surface area contributed by atoms with Gasteiger partial charge in [0.2, 0.25) is 0 Å². The molecule has 0 fully saturated rings. The van der Waals surface area contributed by atoms with E-state index in [0.29, 0.717) is 6.42 Å². The monoisotopic (exact) mass is 172 g/mol. The van der Waals surface area contributed by atoms with Crippen molar-refractivity contribution >= 4 is 11.2 Å². The molecule has 64 valence electrons. The van der Waals surface area contributed by atoms with Gasteiger partial charge in [-0.1, -0.05) is 0 Å². The molecule has 2 aromatic rings. The van der Waals surface area contributed by atoms with Gasteiger partial charge in [-0.15, -0.1) is 0 Å². The molecule has 0 amide bonds. The number of aromatic nitrogens is 3. The smallest absolute Gasteiger partial charge is 0.159 e. The molecular weight excluding hydrogens is 164 g/mol. The van der Waals surface area contributed by atoms with Crippen LogP contribution in [-0.2, 0) is 13.5 Å². The minimum absolute atomic E-state index is 0.385. The van der Waals surface area contributed by atoms with Crippen LogP contribution in [0.3, 0.4) is 0 Å². The fourth-order valence-corrected chi connectivity index (χ4v) is 1.31. The molecule has 0 radical (unpaired) electrons. The standard InChI is InChI=1S/C9H8N4/c1-13-6-12-8-7(2-4-10)3-5-11-9(8)13/h3,5-6H,2H2,1H3. The van der Waals surface area contributed by atoms with Crippen LogP contribution in [0.25, 0.3) is 11.2 Å². The summed E-state index contributed by atoms with van der Waals surface area (Å²) < 4.78 is 1.84. The van der Waals surface area contributed by atoms with Gasteiger partial charge in [0.25, 0.3) is 0 Å². The fraction of sp³-hybridized carbons (Fsp3) is 0.222. The first-order chi connectivity index (χ1) is 6.33. The van der Waals surface area contributed by atoms with Gasteiger partial charge in [-0.25, -0.2) is 9.97 Å². The molecule has 0 aliphatic carbocycles. The van der Waals surface area contributed by atoms with Gasteiger partial charge in [0, 0.05) is 13.2 Å². The fourth-order valence-electron chi connectivity index (χ4n) is 1.31. The second-order valence-corrected chi connectivity index (χ2v) is 2.83. The van der Waals surface area contributed by atoms with E-state index in [1.807, 2.05) is 17.7 Å². The van der Waals surface area contributed by atoms with Gasteiger partial charge in [0.15, 0.2) is 5.65 Å². The highest BCUT2D eigenvalue weighted by Crippen LogP contribution is 2.13. The van der Waals surface area contributed by atoms with Crippen molar-refractivity contribution < 1.29 is 0 Å². The molecule has 4 heteroatoms. The molecule has 0 aromatic carbocycles. The summed E-state index contributed by atoms with van der Waals surface area (Å²) in [5.74, 6) is 0. The lowest BCUT2D eigenvalue weighted by atomic mass is 10.2. The van der Waals surface area contributed by atoms with Crippen molar-refractivity contribution in [1.29, 1.82) is 5.26 Å². The number of fused-ring (bicyclic) bond motifs is 1. The van der Waals surface area contributed by atoms with Gasteiger partial charge in [-0.3, -0.25) is 0 Å². The Bertz CT molecular complexity index is 478. The molecule has 2 aromatic heterocycles. The summed E-state index contributed by atoms with van der Waals surface area (Å²) in [6, 6.07) is 3.94. The first kappa shape index (κ1) is 7.74. The van der Waals surface area contributed by atoms with E-state index >= 15 is 0 Å². The van der Waals surface area contributed by atoms with Crippen LogP contribution >= 0.6 is 0 Å². The number of aryl methyl sites for hydroxylation is 1. The maximum Gasteiger partial charge on any atom is 0.159 e. The second-order valence-electron chi connectivity index (χ2n) is 2.83. The lowest BCUT2D eigenvalue weighted by Crippen LogP contribution is -1.90. The Labute approximate surface area is 75.5 Å². The van der Waals surface area contributed by atoms with E-state index in [2.05, 4.69) is 16.0 Å². The van der Waals surface area contributed by atoms with Gasteiger partial charge in [-0.05, 0) is 11.6 Å². The number of hydrogen-bond donors (Lipinski definition) is 0. The van der Waals surface area contributed by atoms with E-state index in [9.17, 15) is 0 Å². The minimum atomic E-state index is 0.385. The third kappa shape index (κ3) is 1.14. The van der Waals surface area contributed by atoms with E-state index in [-0.39, 0.29) is 0 Å². The van der Waals surface area contributed by atoms with Crippen molar-refractivity contribution in [1.82, 2.24) is 14.5 Å². The lowest BCUT2D eigenvalue weighted by Gasteiger charge is -1.96. The number of hydrogen-bond acceptors (Lipinski definition) is 3. The highest BCUT2D eigenvalue weighted by atomic mass is 15.1. The van der Waals surface area contributed by atoms with Gasteiger partial charge in [0.1, 0.15) is 5.52 Å². The summed E-state index contributed by atoms with van der Waals surface area (Å²) in [7, 11) is 1.89. The van der Waals surface area contributed by atoms with Crippen molar-refractivity contribution in [2.45, 2.75) is 6.42 Å². The molecule has 13 heavy (non-hydrogen) atoms. The maximum absolute atomic E-state index is 8.58. The van der Waals surface area contributed by atoms with Crippen molar-refractivity contribution in [3.63, 3.8) is 0 Å². The molecule has 2 heterocycles. The van der Waals surface area contributed by atoms with E-state index in [0.717, 1.165) is 16.7 Å². The molecule has 0 bridgehead atoms. The Morgan fingerprint density at radius 2 is 2.38 bits per heavy atom. The quantitative estimate of drug-likeness (QED) is 0.645. The van der Waals surface area contributed by atoms with Crippen molar-refractivity contribution in [3.8, 4) is 6.07 Å². The summed E-state index contributed by atoms with van der Waals surface area (Å²) in [4.78, 5) is 8.36. The Morgan fingerprint density at radius 3 is 3.15 bits per heavy atom. The number of imidazole rings is 1. The van der Waals surface area contributed by atoms with E-state index < -0.39 is 0 Å². The molecule has 0 atom stereocenters. The number of nitrogens with zero attached hydrogens (tertiary/aromatic N) is 4.